The van der Waals surface area contributed by atoms with E-state index in [0.717, 1.165) is 6.42 Å². The lowest BCUT2D eigenvalue weighted by molar-refractivity contribution is -0.130. The highest BCUT2D eigenvalue weighted by atomic mass is 32.1. The van der Waals surface area contributed by atoms with Crippen LogP contribution in [0.15, 0.2) is 16.8 Å². The van der Waals surface area contributed by atoms with E-state index in [1.54, 1.807) is 11.3 Å². The SMILES string of the molecule is CCOCCN1C(=O)C(CC)NC1c1ccsc1. The van der Waals surface area contributed by atoms with Gasteiger partial charge in [-0.25, -0.2) is 0 Å². The van der Waals surface area contributed by atoms with Gasteiger partial charge in [0.1, 0.15) is 6.17 Å². The molecule has 0 saturated carbocycles. The van der Waals surface area contributed by atoms with Crippen LogP contribution >= 0.6 is 11.3 Å². The Morgan fingerprint density at radius 1 is 1.50 bits per heavy atom. The molecular formula is C13H20N2O2S. The van der Waals surface area contributed by atoms with E-state index in [-0.39, 0.29) is 18.1 Å². The standard InChI is InChI=1S/C13H20N2O2S/c1-3-11-13(16)15(6-7-17-4-2)12(14-11)10-5-8-18-9-10/h5,8-9,11-12,14H,3-4,6-7H2,1-2H3. The summed E-state index contributed by atoms with van der Waals surface area (Å²) in [5, 5.41) is 7.53. The molecule has 0 aromatic carbocycles. The Balaban J connectivity index is 2.08. The molecule has 2 rings (SSSR count). The largest absolute Gasteiger partial charge is 0.380 e. The molecule has 1 aliphatic rings. The fourth-order valence-electron chi connectivity index (χ4n) is 2.22. The zero-order chi connectivity index (χ0) is 13.0. The molecule has 0 radical (unpaired) electrons. The third-order valence-electron chi connectivity index (χ3n) is 3.20. The van der Waals surface area contributed by atoms with Crippen molar-refractivity contribution >= 4 is 17.2 Å². The summed E-state index contributed by atoms with van der Waals surface area (Å²) in [6.45, 7) is 5.94. The van der Waals surface area contributed by atoms with Gasteiger partial charge in [-0.15, -0.1) is 0 Å². The summed E-state index contributed by atoms with van der Waals surface area (Å²) in [7, 11) is 0. The number of carbonyl (C=O) groups is 1. The van der Waals surface area contributed by atoms with E-state index in [9.17, 15) is 4.79 Å². The van der Waals surface area contributed by atoms with Gasteiger partial charge < -0.3 is 9.64 Å². The van der Waals surface area contributed by atoms with Crippen LogP contribution in [0.1, 0.15) is 32.0 Å². The Morgan fingerprint density at radius 2 is 2.33 bits per heavy atom. The summed E-state index contributed by atoms with van der Waals surface area (Å²) in [5.41, 5.74) is 1.17. The molecule has 1 fully saturated rings. The highest BCUT2D eigenvalue weighted by Crippen LogP contribution is 2.27. The molecule has 0 spiro atoms. The second-order valence-electron chi connectivity index (χ2n) is 4.32. The minimum Gasteiger partial charge on any atom is -0.380 e. The van der Waals surface area contributed by atoms with Gasteiger partial charge in [0, 0.05) is 13.2 Å². The highest BCUT2D eigenvalue weighted by Gasteiger charge is 2.38. The fraction of sp³-hybridized carbons (Fsp3) is 0.615. The van der Waals surface area contributed by atoms with E-state index in [2.05, 4.69) is 16.8 Å². The normalized spacial score (nSPS) is 23.9. The monoisotopic (exact) mass is 268 g/mol. The van der Waals surface area contributed by atoms with E-state index in [1.165, 1.54) is 5.56 Å². The van der Waals surface area contributed by atoms with E-state index in [0.29, 0.717) is 19.8 Å². The molecule has 1 saturated heterocycles. The summed E-state index contributed by atoms with van der Waals surface area (Å²) in [5.74, 6) is 0.188. The zero-order valence-electron chi connectivity index (χ0n) is 10.9. The second-order valence-corrected chi connectivity index (χ2v) is 5.10. The first-order chi connectivity index (χ1) is 8.77. The van der Waals surface area contributed by atoms with Crippen LogP contribution in [0.5, 0.6) is 0 Å². The van der Waals surface area contributed by atoms with Crippen molar-refractivity contribution in [2.45, 2.75) is 32.5 Å². The lowest BCUT2D eigenvalue weighted by Gasteiger charge is -2.23. The summed E-state index contributed by atoms with van der Waals surface area (Å²) in [6.07, 6.45) is 0.832. The molecule has 2 heterocycles. The van der Waals surface area contributed by atoms with Crippen LogP contribution in [0.2, 0.25) is 0 Å². The predicted molar refractivity (Wildman–Crippen MR) is 72.5 cm³/mol. The first kappa shape index (κ1) is 13.5. The molecule has 0 bridgehead atoms. The Hall–Kier alpha value is -0.910. The molecule has 1 amide bonds. The van der Waals surface area contributed by atoms with Gasteiger partial charge in [0.25, 0.3) is 0 Å². The van der Waals surface area contributed by atoms with Gasteiger partial charge in [-0.2, -0.15) is 11.3 Å². The van der Waals surface area contributed by atoms with Crippen molar-refractivity contribution in [2.75, 3.05) is 19.8 Å². The molecule has 1 N–H and O–H groups in total. The van der Waals surface area contributed by atoms with E-state index >= 15 is 0 Å². The van der Waals surface area contributed by atoms with Crippen molar-refractivity contribution in [1.29, 1.82) is 0 Å². The Kier molecular flexibility index (Phi) is 4.74. The van der Waals surface area contributed by atoms with Gasteiger partial charge in [-0.1, -0.05) is 6.92 Å². The van der Waals surface area contributed by atoms with Gasteiger partial charge in [0.15, 0.2) is 0 Å². The van der Waals surface area contributed by atoms with E-state index < -0.39 is 0 Å². The van der Waals surface area contributed by atoms with Gasteiger partial charge in [-0.3, -0.25) is 10.1 Å². The molecule has 4 nitrogen and oxygen atoms in total. The molecule has 1 aliphatic heterocycles. The van der Waals surface area contributed by atoms with Crippen molar-refractivity contribution in [3.63, 3.8) is 0 Å². The minimum absolute atomic E-state index is 0.00848. The number of carbonyl (C=O) groups excluding carboxylic acids is 1. The maximum atomic E-state index is 12.2. The first-order valence-electron chi connectivity index (χ1n) is 6.44. The highest BCUT2D eigenvalue weighted by molar-refractivity contribution is 7.07. The van der Waals surface area contributed by atoms with Gasteiger partial charge in [0.2, 0.25) is 5.91 Å². The zero-order valence-corrected chi connectivity index (χ0v) is 11.7. The van der Waals surface area contributed by atoms with E-state index in [1.807, 2.05) is 24.1 Å². The maximum absolute atomic E-state index is 12.2. The number of nitrogens with one attached hydrogen (secondary N) is 1. The van der Waals surface area contributed by atoms with Crippen LogP contribution in [0.25, 0.3) is 0 Å². The average Bonchev–Trinajstić information content (AvgIpc) is 2.99. The molecule has 100 valence electrons. The summed E-state index contributed by atoms with van der Waals surface area (Å²) < 4.78 is 5.36. The number of amides is 1. The van der Waals surface area contributed by atoms with Gasteiger partial charge in [-0.05, 0) is 35.7 Å². The second kappa shape index (κ2) is 6.31. The number of hydrogen-bond donors (Lipinski definition) is 1. The van der Waals surface area contributed by atoms with Crippen molar-refractivity contribution < 1.29 is 9.53 Å². The quantitative estimate of drug-likeness (QED) is 0.802. The number of thiophene rings is 1. The van der Waals surface area contributed by atoms with Crippen LogP contribution in [0.4, 0.5) is 0 Å². The number of nitrogens with zero attached hydrogens (tertiary/aromatic N) is 1. The van der Waals surface area contributed by atoms with Gasteiger partial charge >= 0.3 is 0 Å². The maximum Gasteiger partial charge on any atom is 0.241 e. The lowest BCUT2D eigenvalue weighted by atomic mass is 10.2. The van der Waals surface area contributed by atoms with Crippen LogP contribution < -0.4 is 5.32 Å². The smallest absolute Gasteiger partial charge is 0.241 e. The Bertz CT molecular complexity index is 380. The van der Waals surface area contributed by atoms with Crippen LogP contribution in [0, 0.1) is 0 Å². The number of ether oxygens (including phenoxy) is 1. The fourth-order valence-corrected chi connectivity index (χ4v) is 2.90. The molecule has 5 heteroatoms. The molecular weight excluding hydrogens is 248 g/mol. The van der Waals surface area contributed by atoms with E-state index in [4.69, 9.17) is 4.74 Å². The third kappa shape index (κ3) is 2.74. The average molecular weight is 268 g/mol. The molecule has 1 aromatic rings. The molecule has 2 unspecified atom stereocenters. The lowest BCUT2D eigenvalue weighted by Crippen LogP contribution is -2.33. The predicted octanol–water partition coefficient (Wildman–Crippen LogP) is 1.99. The van der Waals surface area contributed by atoms with Crippen molar-refractivity contribution in [2.24, 2.45) is 0 Å². The van der Waals surface area contributed by atoms with Crippen molar-refractivity contribution in [1.82, 2.24) is 10.2 Å². The van der Waals surface area contributed by atoms with Crippen molar-refractivity contribution in [3.05, 3.63) is 22.4 Å². The Morgan fingerprint density at radius 3 is 2.94 bits per heavy atom. The topological polar surface area (TPSA) is 41.6 Å². The first-order valence-corrected chi connectivity index (χ1v) is 7.38. The number of rotatable bonds is 6. The summed E-state index contributed by atoms with van der Waals surface area (Å²) >= 11 is 1.66. The molecule has 1 aromatic heterocycles. The minimum atomic E-state index is -0.0588. The molecule has 2 atom stereocenters. The number of hydrogen-bond acceptors (Lipinski definition) is 4. The molecule has 0 aliphatic carbocycles. The summed E-state index contributed by atoms with van der Waals surface area (Å²) in [6, 6.07) is 2.01. The van der Waals surface area contributed by atoms with Gasteiger partial charge in [0.05, 0.1) is 12.6 Å². The van der Waals surface area contributed by atoms with Crippen LogP contribution in [-0.2, 0) is 9.53 Å². The van der Waals surface area contributed by atoms with Crippen molar-refractivity contribution in [3.8, 4) is 0 Å². The van der Waals surface area contributed by atoms with Crippen LogP contribution in [0.3, 0.4) is 0 Å². The third-order valence-corrected chi connectivity index (χ3v) is 3.90. The van der Waals surface area contributed by atoms with Crippen LogP contribution in [-0.4, -0.2) is 36.6 Å². The Labute approximate surface area is 112 Å². The molecule has 18 heavy (non-hydrogen) atoms. The summed E-state index contributed by atoms with van der Waals surface area (Å²) in [4.78, 5) is 14.1.